The Bertz CT molecular complexity index is 496. The van der Waals surface area contributed by atoms with Crippen molar-refractivity contribution < 1.29 is 4.39 Å². The van der Waals surface area contributed by atoms with Gasteiger partial charge < -0.3 is 0 Å². The minimum atomic E-state index is -0.542. The van der Waals surface area contributed by atoms with Gasteiger partial charge in [-0.2, -0.15) is 0 Å². The Morgan fingerprint density at radius 3 is 2.59 bits per heavy atom. The molecule has 1 aromatic carbocycles. The standard InChI is InChI=1S/C12H10ClFN2S/c1-8-11(14)12(13)16-10(15-8)7-17-9-5-3-2-4-6-9/h2-6H,7H2,1H3. The van der Waals surface area contributed by atoms with Crippen LogP contribution in [0.1, 0.15) is 11.5 Å². The van der Waals surface area contributed by atoms with Gasteiger partial charge in [0.25, 0.3) is 0 Å². The summed E-state index contributed by atoms with van der Waals surface area (Å²) in [4.78, 5) is 9.08. The van der Waals surface area contributed by atoms with E-state index in [1.165, 1.54) is 0 Å². The third-order valence-electron chi connectivity index (χ3n) is 2.13. The van der Waals surface area contributed by atoms with Crippen molar-refractivity contribution in [3.63, 3.8) is 0 Å². The summed E-state index contributed by atoms with van der Waals surface area (Å²) in [6, 6.07) is 9.89. The summed E-state index contributed by atoms with van der Waals surface area (Å²) in [5, 5.41) is -0.110. The smallest absolute Gasteiger partial charge is 0.181 e. The molecule has 0 radical (unpaired) electrons. The second-order valence-electron chi connectivity index (χ2n) is 3.43. The molecule has 17 heavy (non-hydrogen) atoms. The van der Waals surface area contributed by atoms with E-state index in [9.17, 15) is 4.39 Å². The van der Waals surface area contributed by atoms with Gasteiger partial charge in [-0.25, -0.2) is 14.4 Å². The fraction of sp³-hybridized carbons (Fsp3) is 0.167. The van der Waals surface area contributed by atoms with Gasteiger partial charge in [0.05, 0.1) is 11.4 Å². The highest BCUT2D eigenvalue weighted by Gasteiger charge is 2.09. The Hall–Kier alpha value is -1.13. The van der Waals surface area contributed by atoms with Gasteiger partial charge in [0.1, 0.15) is 5.82 Å². The molecule has 1 heterocycles. The molecular formula is C12H10ClFN2S. The Morgan fingerprint density at radius 1 is 1.24 bits per heavy atom. The second-order valence-corrected chi connectivity index (χ2v) is 4.84. The maximum atomic E-state index is 13.2. The van der Waals surface area contributed by atoms with Crippen LogP contribution < -0.4 is 0 Å². The number of hydrogen-bond donors (Lipinski definition) is 0. The highest BCUT2D eigenvalue weighted by Crippen LogP contribution is 2.22. The molecule has 2 aromatic rings. The van der Waals surface area contributed by atoms with Crippen LogP contribution in [0.2, 0.25) is 5.15 Å². The number of rotatable bonds is 3. The van der Waals surface area contributed by atoms with E-state index < -0.39 is 5.82 Å². The first-order valence-corrected chi connectivity index (χ1v) is 6.39. The summed E-state index contributed by atoms with van der Waals surface area (Å²) in [6.07, 6.45) is 0. The van der Waals surface area contributed by atoms with Crippen molar-refractivity contribution >= 4 is 23.4 Å². The van der Waals surface area contributed by atoms with Gasteiger partial charge in [-0.05, 0) is 19.1 Å². The molecule has 5 heteroatoms. The van der Waals surface area contributed by atoms with E-state index in [0.717, 1.165) is 4.90 Å². The molecule has 88 valence electrons. The summed E-state index contributed by atoms with van der Waals surface area (Å²) in [5.74, 6) is 0.577. The molecule has 0 saturated carbocycles. The molecule has 1 aromatic heterocycles. The van der Waals surface area contributed by atoms with E-state index in [1.54, 1.807) is 18.7 Å². The molecule has 0 aliphatic carbocycles. The molecule has 0 N–H and O–H groups in total. The zero-order valence-electron chi connectivity index (χ0n) is 9.15. The van der Waals surface area contributed by atoms with Crippen LogP contribution in [0.15, 0.2) is 35.2 Å². The molecular weight excluding hydrogens is 259 g/mol. The summed E-state index contributed by atoms with van der Waals surface area (Å²) in [5.41, 5.74) is 0.286. The molecule has 0 bridgehead atoms. The number of benzene rings is 1. The van der Waals surface area contributed by atoms with Gasteiger partial charge in [0.15, 0.2) is 11.0 Å². The number of hydrogen-bond acceptors (Lipinski definition) is 3. The van der Waals surface area contributed by atoms with Gasteiger partial charge in [-0.1, -0.05) is 29.8 Å². The largest absolute Gasteiger partial charge is 0.234 e. The second kappa shape index (κ2) is 5.47. The fourth-order valence-electron chi connectivity index (χ4n) is 1.31. The zero-order chi connectivity index (χ0) is 12.3. The van der Waals surface area contributed by atoms with Crippen molar-refractivity contribution in [2.24, 2.45) is 0 Å². The minimum Gasteiger partial charge on any atom is -0.234 e. The van der Waals surface area contributed by atoms with Gasteiger partial charge in [-0.3, -0.25) is 0 Å². The van der Waals surface area contributed by atoms with E-state index in [4.69, 9.17) is 11.6 Å². The van der Waals surface area contributed by atoms with E-state index >= 15 is 0 Å². The first-order chi connectivity index (χ1) is 8.16. The zero-order valence-corrected chi connectivity index (χ0v) is 10.7. The average molecular weight is 269 g/mol. The Kier molecular flexibility index (Phi) is 3.97. The topological polar surface area (TPSA) is 25.8 Å². The van der Waals surface area contributed by atoms with Crippen LogP contribution in [0.4, 0.5) is 4.39 Å². The molecule has 0 saturated heterocycles. The van der Waals surface area contributed by atoms with Crippen LogP contribution in [0.5, 0.6) is 0 Å². The highest BCUT2D eigenvalue weighted by molar-refractivity contribution is 7.98. The fourth-order valence-corrected chi connectivity index (χ4v) is 2.32. The molecule has 0 fully saturated rings. The van der Waals surface area contributed by atoms with Crippen LogP contribution >= 0.6 is 23.4 Å². The third-order valence-corrected chi connectivity index (χ3v) is 3.39. The predicted octanol–water partition coefficient (Wildman–Crippen LogP) is 3.87. The van der Waals surface area contributed by atoms with Crippen molar-refractivity contribution in [3.8, 4) is 0 Å². The third kappa shape index (κ3) is 3.17. The Balaban J connectivity index is 2.10. The average Bonchev–Trinajstić information content (AvgIpc) is 2.34. The van der Waals surface area contributed by atoms with Crippen LogP contribution in [0, 0.1) is 12.7 Å². The number of aromatic nitrogens is 2. The summed E-state index contributed by atoms with van der Waals surface area (Å²) < 4.78 is 13.2. The molecule has 2 nitrogen and oxygen atoms in total. The summed E-state index contributed by atoms with van der Waals surface area (Å²) in [7, 11) is 0. The van der Waals surface area contributed by atoms with Crippen molar-refractivity contribution in [2.75, 3.05) is 0 Å². The van der Waals surface area contributed by atoms with E-state index in [-0.39, 0.29) is 10.8 Å². The SMILES string of the molecule is Cc1nc(CSc2ccccc2)nc(Cl)c1F. The predicted molar refractivity (Wildman–Crippen MR) is 67.7 cm³/mol. The van der Waals surface area contributed by atoms with Crippen LogP contribution in [0.3, 0.4) is 0 Å². The first kappa shape index (κ1) is 12.3. The Labute approximate surface area is 108 Å². The van der Waals surface area contributed by atoms with Crippen molar-refractivity contribution in [3.05, 3.63) is 52.8 Å². The van der Waals surface area contributed by atoms with E-state index in [2.05, 4.69) is 9.97 Å². The molecule has 0 amide bonds. The lowest BCUT2D eigenvalue weighted by atomic mass is 10.4. The quantitative estimate of drug-likeness (QED) is 0.624. The molecule has 0 aliphatic rings. The highest BCUT2D eigenvalue weighted by atomic mass is 35.5. The monoisotopic (exact) mass is 268 g/mol. The van der Waals surface area contributed by atoms with Crippen LogP contribution in [-0.2, 0) is 5.75 Å². The van der Waals surface area contributed by atoms with Crippen molar-refractivity contribution in [2.45, 2.75) is 17.6 Å². The summed E-state index contributed by atoms with van der Waals surface area (Å²) >= 11 is 7.26. The molecule has 0 aliphatic heterocycles. The van der Waals surface area contributed by atoms with Crippen molar-refractivity contribution in [1.82, 2.24) is 9.97 Å². The lowest BCUT2D eigenvalue weighted by molar-refractivity contribution is 0.598. The Morgan fingerprint density at radius 2 is 1.94 bits per heavy atom. The number of aryl methyl sites for hydroxylation is 1. The lowest BCUT2D eigenvalue weighted by Crippen LogP contribution is -1.99. The molecule has 0 unspecified atom stereocenters. The van der Waals surface area contributed by atoms with E-state index in [0.29, 0.717) is 11.6 Å². The molecule has 0 atom stereocenters. The van der Waals surface area contributed by atoms with Crippen LogP contribution in [0.25, 0.3) is 0 Å². The van der Waals surface area contributed by atoms with Crippen molar-refractivity contribution in [1.29, 1.82) is 0 Å². The molecule has 0 spiro atoms. The number of thioether (sulfide) groups is 1. The number of nitrogens with zero attached hydrogens (tertiary/aromatic N) is 2. The summed E-state index contributed by atoms with van der Waals surface area (Å²) in [6.45, 7) is 1.58. The van der Waals surface area contributed by atoms with Gasteiger partial charge in [0.2, 0.25) is 0 Å². The number of halogens is 2. The maximum absolute atomic E-state index is 13.2. The minimum absolute atomic E-state index is 0.110. The van der Waals surface area contributed by atoms with Crippen LogP contribution in [-0.4, -0.2) is 9.97 Å². The van der Waals surface area contributed by atoms with E-state index in [1.807, 2.05) is 30.3 Å². The van der Waals surface area contributed by atoms with Gasteiger partial charge in [-0.15, -0.1) is 11.8 Å². The first-order valence-electron chi connectivity index (χ1n) is 5.03. The van der Waals surface area contributed by atoms with Gasteiger partial charge >= 0.3 is 0 Å². The lowest BCUT2D eigenvalue weighted by Gasteiger charge is -2.03. The normalized spacial score (nSPS) is 10.5. The molecule has 2 rings (SSSR count). The maximum Gasteiger partial charge on any atom is 0.181 e. The van der Waals surface area contributed by atoms with Gasteiger partial charge in [0, 0.05) is 4.90 Å².